The first-order valence-corrected chi connectivity index (χ1v) is 5.60. The van der Waals surface area contributed by atoms with Crippen LogP contribution >= 0.6 is 12.2 Å². The molecule has 2 aromatic rings. The molecule has 0 radical (unpaired) electrons. The van der Waals surface area contributed by atoms with Crippen molar-refractivity contribution in [3.05, 3.63) is 34.6 Å². The van der Waals surface area contributed by atoms with E-state index in [4.69, 9.17) is 12.2 Å². The van der Waals surface area contributed by atoms with E-state index in [2.05, 4.69) is 29.0 Å². The first-order chi connectivity index (χ1) is 7.61. The number of nitrogens with one attached hydrogen (secondary N) is 1. The van der Waals surface area contributed by atoms with E-state index in [1.807, 2.05) is 23.8 Å². The van der Waals surface area contributed by atoms with Crippen molar-refractivity contribution in [2.45, 2.75) is 26.7 Å². The number of hydrogen-bond donors (Lipinski definition) is 1. The third-order valence-corrected chi connectivity index (χ3v) is 2.74. The highest BCUT2D eigenvalue weighted by atomic mass is 32.1. The average molecular weight is 234 g/mol. The highest BCUT2D eigenvalue weighted by molar-refractivity contribution is 7.71. The van der Waals surface area contributed by atoms with Crippen molar-refractivity contribution >= 4 is 12.2 Å². The first kappa shape index (κ1) is 11.0. The molecule has 2 rings (SSSR count). The lowest BCUT2D eigenvalue weighted by Crippen LogP contribution is -2.05. The van der Waals surface area contributed by atoms with Gasteiger partial charge in [0, 0.05) is 12.1 Å². The molecule has 0 bridgehead atoms. The number of nitrogens with zero attached hydrogens (tertiary/aromatic N) is 3. The molecule has 16 heavy (non-hydrogen) atoms. The Morgan fingerprint density at radius 3 is 2.81 bits per heavy atom. The van der Waals surface area contributed by atoms with Crippen molar-refractivity contribution in [2.24, 2.45) is 0 Å². The second-order valence-electron chi connectivity index (χ2n) is 4.04. The molecule has 0 atom stereocenters. The fourth-order valence-corrected chi connectivity index (χ4v) is 1.86. The van der Waals surface area contributed by atoms with Crippen LogP contribution in [0.5, 0.6) is 0 Å². The van der Waals surface area contributed by atoms with E-state index in [1.54, 1.807) is 6.20 Å². The van der Waals surface area contributed by atoms with Crippen LogP contribution in [-0.4, -0.2) is 19.7 Å². The lowest BCUT2D eigenvalue weighted by molar-refractivity contribution is 0.741. The smallest absolute Gasteiger partial charge is 0.199 e. The molecule has 4 nitrogen and oxygen atoms in total. The molecule has 0 amide bonds. The summed E-state index contributed by atoms with van der Waals surface area (Å²) < 4.78 is 2.56. The maximum Gasteiger partial charge on any atom is 0.199 e. The van der Waals surface area contributed by atoms with Gasteiger partial charge in [-0.3, -0.25) is 14.6 Å². The van der Waals surface area contributed by atoms with E-state index in [9.17, 15) is 0 Å². The maximum absolute atomic E-state index is 5.25. The quantitative estimate of drug-likeness (QED) is 0.813. The third kappa shape index (κ3) is 1.78. The van der Waals surface area contributed by atoms with Gasteiger partial charge in [0.25, 0.3) is 0 Å². The number of pyridine rings is 1. The van der Waals surface area contributed by atoms with Gasteiger partial charge in [0.15, 0.2) is 4.77 Å². The van der Waals surface area contributed by atoms with Gasteiger partial charge < -0.3 is 0 Å². The van der Waals surface area contributed by atoms with Gasteiger partial charge >= 0.3 is 0 Å². The lowest BCUT2D eigenvalue weighted by Gasteiger charge is -2.10. The maximum atomic E-state index is 5.25. The van der Waals surface area contributed by atoms with Gasteiger partial charge in [-0.25, -0.2) is 0 Å². The molecule has 0 aliphatic heterocycles. The van der Waals surface area contributed by atoms with Gasteiger partial charge in [-0.15, -0.1) is 0 Å². The Hall–Kier alpha value is -1.49. The number of hydrogen-bond acceptors (Lipinski definition) is 3. The van der Waals surface area contributed by atoms with E-state index < -0.39 is 0 Å². The molecule has 0 aromatic carbocycles. The number of rotatable bonds is 2. The molecule has 0 spiro atoms. The second kappa shape index (κ2) is 4.17. The van der Waals surface area contributed by atoms with Crippen LogP contribution < -0.4 is 0 Å². The Kier molecular flexibility index (Phi) is 2.87. The van der Waals surface area contributed by atoms with Gasteiger partial charge in [0.2, 0.25) is 0 Å². The molecule has 0 saturated heterocycles. The average Bonchev–Trinajstić information content (AvgIpc) is 2.61. The molecule has 1 N–H and O–H groups in total. The minimum absolute atomic E-state index is 0.313. The zero-order chi connectivity index (χ0) is 11.7. The van der Waals surface area contributed by atoms with Gasteiger partial charge in [0.1, 0.15) is 5.82 Å². The van der Waals surface area contributed by atoms with Crippen LogP contribution in [0.4, 0.5) is 0 Å². The summed E-state index contributed by atoms with van der Waals surface area (Å²) >= 11 is 5.25. The summed E-state index contributed by atoms with van der Waals surface area (Å²) in [6, 6.07) is 1.97. The Morgan fingerprint density at radius 1 is 1.44 bits per heavy atom. The largest absolute Gasteiger partial charge is 0.270 e. The van der Waals surface area contributed by atoms with E-state index in [1.165, 1.54) is 0 Å². The fourth-order valence-electron chi connectivity index (χ4n) is 1.62. The summed E-state index contributed by atoms with van der Waals surface area (Å²) in [5.74, 6) is 1.24. The number of aromatic nitrogens is 4. The molecule has 2 heterocycles. The summed E-state index contributed by atoms with van der Waals surface area (Å²) in [5, 5.41) is 7.08. The van der Waals surface area contributed by atoms with E-state index >= 15 is 0 Å². The van der Waals surface area contributed by atoms with E-state index in [0.29, 0.717) is 10.7 Å². The Bertz CT molecular complexity index is 553. The van der Waals surface area contributed by atoms with Crippen LogP contribution in [0.2, 0.25) is 0 Å². The van der Waals surface area contributed by atoms with E-state index in [-0.39, 0.29) is 0 Å². The molecular formula is C11H14N4S. The number of aromatic amines is 1. The lowest BCUT2D eigenvalue weighted by atomic mass is 10.2. The minimum atomic E-state index is 0.313. The summed E-state index contributed by atoms with van der Waals surface area (Å²) in [5.41, 5.74) is 2.12. The van der Waals surface area contributed by atoms with Gasteiger partial charge in [-0.05, 0) is 30.8 Å². The molecule has 0 fully saturated rings. The van der Waals surface area contributed by atoms with Crippen molar-refractivity contribution in [1.29, 1.82) is 0 Å². The third-order valence-electron chi connectivity index (χ3n) is 2.47. The van der Waals surface area contributed by atoms with Crippen LogP contribution in [-0.2, 0) is 0 Å². The molecule has 84 valence electrons. The molecule has 0 saturated carbocycles. The minimum Gasteiger partial charge on any atom is -0.270 e. The summed E-state index contributed by atoms with van der Waals surface area (Å²) in [6.07, 6.45) is 3.59. The van der Waals surface area contributed by atoms with Gasteiger partial charge in [-0.2, -0.15) is 5.10 Å². The Labute approximate surface area is 99.4 Å². The first-order valence-electron chi connectivity index (χ1n) is 5.19. The standard InChI is InChI=1S/C11H14N4S/c1-7(2)10-13-14-11(16)15(10)9-6-12-5-4-8(9)3/h4-7H,1-3H3,(H,14,16). The normalized spacial score (nSPS) is 11.0. The Morgan fingerprint density at radius 2 is 2.19 bits per heavy atom. The molecule has 0 aliphatic carbocycles. The summed E-state index contributed by atoms with van der Waals surface area (Å²) in [6.45, 7) is 6.22. The molecule has 2 aromatic heterocycles. The van der Waals surface area contributed by atoms with E-state index in [0.717, 1.165) is 17.1 Å². The summed E-state index contributed by atoms with van der Waals surface area (Å²) in [7, 11) is 0. The molecular weight excluding hydrogens is 220 g/mol. The predicted octanol–water partition coefficient (Wildman–Crippen LogP) is 2.76. The predicted molar refractivity (Wildman–Crippen MR) is 65.4 cm³/mol. The monoisotopic (exact) mass is 234 g/mol. The second-order valence-corrected chi connectivity index (χ2v) is 4.43. The number of aryl methyl sites for hydroxylation is 1. The molecule has 0 aliphatic rings. The van der Waals surface area contributed by atoms with Crippen LogP contribution in [0.3, 0.4) is 0 Å². The van der Waals surface area contributed by atoms with Gasteiger partial charge in [-0.1, -0.05) is 13.8 Å². The zero-order valence-electron chi connectivity index (χ0n) is 9.56. The highest BCUT2D eigenvalue weighted by Crippen LogP contribution is 2.19. The van der Waals surface area contributed by atoms with Crippen LogP contribution in [0.1, 0.15) is 31.2 Å². The number of H-pyrrole nitrogens is 1. The SMILES string of the molecule is Cc1ccncc1-n1c(C(C)C)n[nH]c1=S. The van der Waals surface area contributed by atoms with Crippen molar-refractivity contribution in [2.75, 3.05) is 0 Å². The van der Waals surface area contributed by atoms with Crippen LogP contribution in [0.15, 0.2) is 18.5 Å². The highest BCUT2D eigenvalue weighted by Gasteiger charge is 2.12. The van der Waals surface area contributed by atoms with Crippen molar-refractivity contribution < 1.29 is 0 Å². The summed E-state index contributed by atoms with van der Waals surface area (Å²) in [4.78, 5) is 4.13. The Balaban J connectivity index is 2.69. The van der Waals surface area contributed by atoms with Crippen LogP contribution in [0.25, 0.3) is 5.69 Å². The van der Waals surface area contributed by atoms with Crippen LogP contribution in [0, 0.1) is 11.7 Å². The topological polar surface area (TPSA) is 46.5 Å². The fraction of sp³-hybridized carbons (Fsp3) is 0.364. The molecule has 5 heteroatoms. The van der Waals surface area contributed by atoms with Crippen molar-refractivity contribution in [3.63, 3.8) is 0 Å². The van der Waals surface area contributed by atoms with Crippen molar-refractivity contribution in [3.8, 4) is 5.69 Å². The zero-order valence-corrected chi connectivity index (χ0v) is 10.4. The van der Waals surface area contributed by atoms with Gasteiger partial charge in [0.05, 0.1) is 11.9 Å². The van der Waals surface area contributed by atoms with Crippen molar-refractivity contribution in [1.82, 2.24) is 19.7 Å². The molecule has 0 unspecified atom stereocenters.